The van der Waals surface area contributed by atoms with E-state index >= 15 is 0 Å². The van der Waals surface area contributed by atoms with Crippen molar-refractivity contribution >= 4 is 28.8 Å². The SMILES string of the molecule is CCc1cc(O)ccc1N=C(N)c1cnn2cc(-c3cnc(OC)cc3C)cc2c1NC1CCC12CN(C(=O)OC(C)(C)C)C2. The van der Waals surface area contributed by atoms with Crippen LogP contribution < -0.4 is 15.8 Å². The Morgan fingerprint density at radius 1 is 1.22 bits per heavy atom. The standard InChI is InChI=1S/C34H41N7O4/c1-7-21-13-23(42)8-9-26(21)38-31(35)25-16-37-41-17-22(24-15-36-29(44-6)12-20(24)2)14-27(41)30(25)39-28-10-11-34(28)18-40(19-34)32(43)45-33(3,4)5/h8-9,12-17,28,39,42H,7,10-11,18-19H2,1-6H3,(H2,35,38). The number of nitrogens with zero attached hydrogens (tertiary/aromatic N) is 5. The highest BCUT2D eigenvalue weighted by atomic mass is 16.6. The van der Waals surface area contributed by atoms with E-state index < -0.39 is 5.60 Å². The van der Waals surface area contributed by atoms with E-state index in [1.54, 1.807) is 36.4 Å². The lowest BCUT2D eigenvalue weighted by Crippen LogP contribution is -2.70. The summed E-state index contributed by atoms with van der Waals surface area (Å²) in [4.78, 5) is 23.7. The minimum atomic E-state index is -0.537. The number of likely N-dealkylation sites (tertiary alicyclic amines) is 1. The number of aromatic nitrogens is 3. The predicted molar refractivity (Wildman–Crippen MR) is 174 cm³/mol. The average molecular weight is 612 g/mol. The summed E-state index contributed by atoms with van der Waals surface area (Å²) < 4.78 is 12.8. The predicted octanol–water partition coefficient (Wildman–Crippen LogP) is 5.83. The van der Waals surface area contributed by atoms with Gasteiger partial charge in [-0.05, 0) is 82.3 Å². The third kappa shape index (κ3) is 5.74. The molecule has 1 atom stereocenters. The topological polar surface area (TPSA) is 140 Å². The van der Waals surface area contributed by atoms with Gasteiger partial charge in [0.25, 0.3) is 0 Å². The number of amides is 1. The third-order valence-electron chi connectivity index (χ3n) is 8.86. The highest BCUT2D eigenvalue weighted by molar-refractivity contribution is 6.06. The van der Waals surface area contributed by atoms with Crippen molar-refractivity contribution in [1.29, 1.82) is 0 Å². The number of carbonyl (C=O) groups excluding carboxylic acids is 1. The number of aromatic hydroxyl groups is 1. The number of phenols is 1. The minimum Gasteiger partial charge on any atom is -0.508 e. The summed E-state index contributed by atoms with van der Waals surface area (Å²) in [6, 6.07) is 9.21. The van der Waals surface area contributed by atoms with Crippen LogP contribution >= 0.6 is 0 Å². The van der Waals surface area contributed by atoms with Crippen LogP contribution in [0.5, 0.6) is 11.6 Å². The molecule has 0 radical (unpaired) electrons. The van der Waals surface area contributed by atoms with Gasteiger partial charge in [0.2, 0.25) is 5.88 Å². The second kappa shape index (κ2) is 11.3. The van der Waals surface area contributed by atoms with E-state index in [9.17, 15) is 9.90 Å². The average Bonchev–Trinajstić information content (AvgIpc) is 3.38. The Labute approximate surface area is 263 Å². The summed E-state index contributed by atoms with van der Waals surface area (Å²) in [7, 11) is 1.60. The van der Waals surface area contributed by atoms with Crippen LogP contribution in [0.1, 0.15) is 57.2 Å². The molecule has 1 aromatic carbocycles. The number of benzene rings is 1. The quantitative estimate of drug-likeness (QED) is 0.175. The van der Waals surface area contributed by atoms with Gasteiger partial charge < -0.3 is 30.5 Å². The van der Waals surface area contributed by atoms with E-state index in [4.69, 9.17) is 25.3 Å². The van der Waals surface area contributed by atoms with Crippen LogP contribution in [-0.4, -0.2) is 68.4 Å². The van der Waals surface area contributed by atoms with Crippen LogP contribution in [0.25, 0.3) is 16.6 Å². The molecule has 11 heteroatoms. The van der Waals surface area contributed by atoms with E-state index in [1.807, 2.05) is 57.6 Å². The van der Waals surface area contributed by atoms with E-state index in [0.29, 0.717) is 42.5 Å². The molecule has 4 heterocycles. The fraction of sp³-hybridized carbons (Fsp3) is 0.412. The smallest absolute Gasteiger partial charge is 0.410 e. The lowest BCUT2D eigenvalue weighted by Gasteiger charge is -2.60. The second-order valence-electron chi connectivity index (χ2n) is 13.1. The lowest BCUT2D eigenvalue weighted by molar-refractivity contribution is -0.0768. The van der Waals surface area contributed by atoms with Crippen molar-refractivity contribution in [3.05, 3.63) is 65.6 Å². The van der Waals surface area contributed by atoms with E-state index in [0.717, 1.165) is 46.3 Å². The van der Waals surface area contributed by atoms with Crippen LogP contribution in [0.15, 0.2) is 53.9 Å². The van der Waals surface area contributed by atoms with Crippen LogP contribution in [0.2, 0.25) is 0 Å². The molecule has 236 valence electrons. The summed E-state index contributed by atoms with van der Waals surface area (Å²) in [5, 5.41) is 18.5. The number of phenolic OH excluding ortho intramolecular Hbond substituents is 1. The van der Waals surface area contributed by atoms with E-state index in [2.05, 4.69) is 16.4 Å². The molecule has 1 unspecified atom stereocenters. The van der Waals surface area contributed by atoms with Crippen molar-refractivity contribution in [3.8, 4) is 22.8 Å². The first-order valence-corrected chi connectivity index (χ1v) is 15.3. The van der Waals surface area contributed by atoms with Gasteiger partial charge in [0, 0.05) is 54.1 Å². The zero-order chi connectivity index (χ0) is 32.1. The van der Waals surface area contributed by atoms with Gasteiger partial charge in [-0.15, -0.1) is 0 Å². The number of nitrogens with one attached hydrogen (secondary N) is 1. The molecule has 3 aromatic heterocycles. The van der Waals surface area contributed by atoms with Gasteiger partial charge in [-0.1, -0.05) is 6.92 Å². The highest BCUT2D eigenvalue weighted by Gasteiger charge is 2.57. The second-order valence-corrected chi connectivity index (χ2v) is 13.1. The van der Waals surface area contributed by atoms with Crippen molar-refractivity contribution in [2.75, 3.05) is 25.5 Å². The number of ether oxygens (including phenoxy) is 2. The summed E-state index contributed by atoms with van der Waals surface area (Å²) in [5.41, 5.74) is 13.1. The number of carbonyl (C=O) groups is 1. The molecule has 1 amide bonds. The van der Waals surface area contributed by atoms with Gasteiger partial charge in [0.1, 0.15) is 17.2 Å². The first kappa shape index (κ1) is 30.2. The molecule has 4 aromatic rings. The highest BCUT2D eigenvalue weighted by Crippen LogP contribution is 2.50. The largest absolute Gasteiger partial charge is 0.508 e. The zero-order valence-electron chi connectivity index (χ0n) is 26.7. The number of fused-ring (bicyclic) bond motifs is 1. The molecule has 1 aliphatic heterocycles. The molecule has 1 aliphatic carbocycles. The molecule has 0 bridgehead atoms. The summed E-state index contributed by atoms with van der Waals surface area (Å²) in [6.45, 7) is 11.0. The number of hydrogen-bond acceptors (Lipinski definition) is 8. The number of pyridine rings is 1. The van der Waals surface area contributed by atoms with Crippen molar-refractivity contribution in [1.82, 2.24) is 19.5 Å². The first-order chi connectivity index (χ1) is 21.4. The van der Waals surface area contributed by atoms with Crippen LogP contribution in [0, 0.1) is 12.3 Å². The maximum absolute atomic E-state index is 12.7. The first-order valence-electron chi connectivity index (χ1n) is 15.3. The molecule has 2 aliphatic rings. The van der Waals surface area contributed by atoms with Gasteiger partial charge >= 0.3 is 6.09 Å². The molecule has 6 rings (SSSR count). The molecule has 2 fully saturated rings. The number of anilines is 1. The van der Waals surface area contributed by atoms with Crippen LogP contribution in [0.3, 0.4) is 0 Å². The number of methoxy groups -OCH3 is 1. The molecule has 4 N–H and O–H groups in total. The maximum atomic E-state index is 12.7. The zero-order valence-corrected chi connectivity index (χ0v) is 26.7. The Bertz CT molecular complexity index is 1800. The Hall–Kier alpha value is -4.80. The minimum absolute atomic E-state index is 0.0431. The fourth-order valence-electron chi connectivity index (χ4n) is 6.29. The molecule has 1 saturated carbocycles. The Morgan fingerprint density at radius 3 is 2.64 bits per heavy atom. The van der Waals surface area contributed by atoms with Crippen LogP contribution in [-0.2, 0) is 11.2 Å². The number of amidine groups is 1. The molecule has 1 spiro atoms. The number of aryl methyl sites for hydroxylation is 2. The van der Waals surface area contributed by atoms with Crippen LogP contribution in [0.4, 0.5) is 16.2 Å². The fourth-order valence-corrected chi connectivity index (χ4v) is 6.29. The van der Waals surface area contributed by atoms with Crippen molar-refractivity contribution in [2.45, 2.75) is 65.5 Å². The Morgan fingerprint density at radius 2 is 2.00 bits per heavy atom. The summed E-state index contributed by atoms with van der Waals surface area (Å²) >= 11 is 0. The molecular formula is C34H41N7O4. The number of aliphatic imine (C=N–C) groups is 1. The van der Waals surface area contributed by atoms with Gasteiger partial charge in [0.15, 0.2) is 0 Å². The Balaban J connectivity index is 1.38. The van der Waals surface area contributed by atoms with Crippen molar-refractivity contribution in [3.63, 3.8) is 0 Å². The van der Waals surface area contributed by atoms with E-state index in [-0.39, 0.29) is 23.3 Å². The lowest BCUT2D eigenvalue weighted by atomic mass is 9.59. The maximum Gasteiger partial charge on any atom is 0.410 e. The number of nitrogens with two attached hydrogens (primary N) is 1. The summed E-state index contributed by atoms with van der Waals surface area (Å²) in [6.07, 6.45) is 7.92. The molecule has 45 heavy (non-hydrogen) atoms. The normalized spacial score (nSPS) is 17.6. The number of rotatable bonds is 7. The van der Waals surface area contributed by atoms with Crippen molar-refractivity contribution in [2.24, 2.45) is 16.1 Å². The van der Waals surface area contributed by atoms with Gasteiger partial charge in [-0.3, -0.25) is 0 Å². The van der Waals surface area contributed by atoms with Crippen molar-refractivity contribution < 1.29 is 19.4 Å². The summed E-state index contributed by atoms with van der Waals surface area (Å²) in [5.74, 6) is 1.06. The van der Waals surface area contributed by atoms with Gasteiger partial charge in [-0.25, -0.2) is 19.3 Å². The molecule has 1 saturated heterocycles. The van der Waals surface area contributed by atoms with E-state index in [1.165, 1.54) is 0 Å². The Kier molecular flexibility index (Phi) is 7.58. The third-order valence-corrected chi connectivity index (χ3v) is 8.86. The monoisotopic (exact) mass is 611 g/mol. The van der Waals surface area contributed by atoms with Gasteiger partial charge in [0.05, 0.1) is 35.8 Å². The van der Waals surface area contributed by atoms with Gasteiger partial charge in [-0.2, -0.15) is 5.10 Å². The number of hydrogen-bond donors (Lipinski definition) is 3. The molecular weight excluding hydrogens is 570 g/mol. The molecule has 11 nitrogen and oxygen atoms in total.